The summed E-state index contributed by atoms with van der Waals surface area (Å²) in [5.74, 6) is 0. The second-order valence-electron chi connectivity index (χ2n) is 5.16. The molecule has 0 unspecified atom stereocenters. The highest BCUT2D eigenvalue weighted by atomic mass is 14.2. The highest BCUT2D eigenvalue weighted by Crippen LogP contribution is 2.25. The van der Waals surface area contributed by atoms with E-state index in [1.807, 2.05) is 0 Å². The van der Waals surface area contributed by atoms with Crippen LogP contribution in [-0.4, -0.2) is 0 Å². The van der Waals surface area contributed by atoms with Crippen LogP contribution in [0.25, 0.3) is 0 Å². The topological polar surface area (TPSA) is 0 Å². The zero-order chi connectivity index (χ0) is 10.5. The molecule has 0 saturated heterocycles. The van der Waals surface area contributed by atoms with E-state index in [0.717, 1.165) is 0 Å². The number of hydrogen-bond donors (Lipinski definition) is 0. The molecule has 0 N–H and O–H groups in total. The van der Waals surface area contributed by atoms with Crippen molar-refractivity contribution in [2.75, 3.05) is 0 Å². The van der Waals surface area contributed by atoms with Crippen molar-refractivity contribution in [3.8, 4) is 0 Å². The minimum absolute atomic E-state index is 0.414. The van der Waals surface area contributed by atoms with E-state index in [1.54, 1.807) is 5.57 Å². The van der Waals surface area contributed by atoms with E-state index in [4.69, 9.17) is 0 Å². The summed E-state index contributed by atoms with van der Waals surface area (Å²) in [6.45, 7) is 13.4. The van der Waals surface area contributed by atoms with E-state index >= 15 is 0 Å². The molecular formula is C13H24. The Bertz CT molecular complexity index is 195. The second-order valence-corrected chi connectivity index (χ2v) is 5.16. The molecule has 0 fully saturated rings. The van der Waals surface area contributed by atoms with Gasteiger partial charge in [0.1, 0.15) is 0 Å². The molecule has 0 amide bonds. The molecule has 0 aromatic heterocycles. The predicted molar refractivity (Wildman–Crippen MR) is 61.9 cm³/mol. The minimum atomic E-state index is 0.414. The van der Waals surface area contributed by atoms with E-state index < -0.39 is 0 Å². The van der Waals surface area contributed by atoms with E-state index in [9.17, 15) is 0 Å². The van der Waals surface area contributed by atoms with Crippen molar-refractivity contribution in [3.05, 3.63) is 23.3 Å². The molecule has 0 aromatic carbocycles. The van der Waals surface area contributed by atoms with Crippen LogP contribution >= 0.6 is 0 Å². The molecule has 0 spiro atoms. The van der Waals surface area contributed by atoms with Gasteiger partial charge in [0.05, 0.1) is 0 Å². The lowest BCUT2D eigenvalue weighted by Crippen LogP contribution is -2.05. The fraction of sp³-hybridized carbons (Fsp3) is 0.692. The number of hydrogen-bond acceptors (Lipinski definition) is 0. The van der Waals surface area contributed by atoms with Crippen LogP contribution < -0.4 is 0 Å². The molecule has 0 heterocycles. The first-order valence-electron chi connectivity index (χ1n) is 5.18. The third kappa shape index (κ3) is 7.83. The van der Waals surface area contributed by atoms with Crippen LogP contribution in [0.4, 0.5) is 0 Å². The lowest BCUT2D eigenvalue weighted by Gasteiger charge is -2.19. The Morgan fingerprint density at radius 1 is 1.08 bits per heavy atom. The predicted octanol–water partition coefficient (Wildman–Crippen LogP) is 4.73. The van der Waals surface area contributed by atoms with Gasteiger partial charge in [0.25, 0.3) is 0 Å². The molecule has 76 valence electrons. The number of rotatable bonds is 3. The fourth-order valence-electron chi connectivity index (χ4n) is 1.27. The van der Waals surface area contributed by atoms with Gasteiger partial charge < -0.3 is 0 Å². The summed E-state index contributed by atoms with van der Waals surface area (Å²) < 4.78 is 0. The van der Waals surface area contributed by atoms with E-state index in [2.05, 4.69) is 53.7 Å². The SMILES string of the molecule is CC/C(=C\C=C(C)C)CC(C)(C)C. The lowest BCUT2D eigenvalue weighted by molar-refractivity contribution is 0.405. The first kappa shape index (κ1) is 12.5. The van der Waals surface area contributed by atoms with Gasteiger partial charge in [-0.3, -0.25) is 0 Å². The van der Waals surface area contributed by atoms with Crippen LogP contribution in [-0.2, 0) is 0 Å². The lowest BCUT2D eigenvalue weighted by atomic mass is 9.87. The maximum atomic E-state index is 2.29. The molecule has 0 aliphatic rings. The Morgan fingerprint density at radius 2 is 1.62 bits per heavy atom. The molecule has 0 nitrogen and oxygen atoms in total. The van der Waals surface area contributed by atoms with Gasteiger partial charge in [0, 0.05) is 0 Å². The normalized spacial score (nSPS) is 12.9. The standard InChI is InChI=1S/C13H24/c1-7-12(9-8-11(2)3)10-13(4,5)6/h8-9H,7,10H2,1-6H3/b12-9+. The Balaban J connectivity index is 4.35. The third-order valence-corrected chi connectivity index (χ3v) is 1.86. The Hall–Kier alpha value is -0.520. The second kappa shape index (κ2) is 5.26. The van der Waals surface area contributed by atoms with Gasteiger partial charge >= 0.3 is 0 Å². The van der Waals surface area contributed by atoms with Crippen LogP contribution in [0.1, 0.15) is 54.4 Å². The zero-order valence-electron chi connectivity index (χ0n) is 10.1. The van der Waals surface area contributed by atoms with Crippen LogP contribution in [0.5, 0.6) is 0 Å². The largest absolute Gasteiger partial charge is 0.0764 e. The van der Waals surface area contributed by atoms with Gasteiger partial charge in [-0.15, -0.1) is 0 Å². The van der Waals surface area contributed by atoms with E-state index in [1.165, 1.54) is 18.4 Å². The van der Waals surface area contributed by atoms with Crippen LogP contribution in [0.3, 0.4) is 0 Å². The average Bonchev–Trinajstić information content (AvgIpc) is 1.95. The van der Waals surface area contributed by atoms with Crippen LogP contribution in [0, 0.1) is 5.41 Å². The van der Waals surface area contributed by atoms with Gasteiger partial charge in [-0.1, -0.05) is 51.0 Å². The van der Waals surface area contributed by atoms with Gasteiger partial charge in [-0.05, 0) is 32.1 Å². The van der Waals surface area contributed by atoms with E-state index in [-0.39, 0.29) is 0 Å². The molecule has 0 heteroatoms. The molecule has 0 aromatic rings. The van der Waals surface area contributed by atoms with Crippen LogP contribution in [0.15, 0.2) is 23.3 Å². The van der Waals surface area contributed by atoms with Crippen molar-refractivity contribution in [2.24, 2.45) is 5.41 Å². The molecular weight excluding hydrogens is 156 g/mol. The average molecular weight is 180 g/mol. The highest BCUT2D eigenvalue weighted by Gasteiger charge is 2.11. The van der Waals surface area contributed by atoms with Gasteiger partial charge in [-0.2, -0.15) is 0 Å². The highest BCUT2D eigenvalue weighted by molar-refractivity contribution is 5.16. The fourth-order valence-corrected chi connectivity index (χ4v) is 1.27. The minimum Gasteiger partial charge on any atom is -0.0764 e. The molecule has 0 bridgehead atoms. The molecule has 0 aliphatic carbocycles. The molecule has 0 atom stereocenters. The molecule has 0 rings (SSSR count). The Morgan fingerprint density at radius 3 is 1.92 bits per heavy atom. The van der Waals surface area contributed by atoms with E-state index in [0.29, 0.717) is 5.41 Å². The maximum absolute atomic E-state index is 2.29. The summed E-state index contributed by atoms with van der Waals surface area (Å²) in [7, 11) is 0. The van der Waals surface area contributed by atoms with Crippen molar-refractivity contribution >= 4 is 0 Å². The van der Waals surface area contributed by atoms with Gasteiger partial charge in [0.2, 0.25) is 0 Å². The van der Waals surface area contributed by atoms with Crippen LogP contribution in [0.2, 0.25) is 0 Å². The molecule has 0 aliphatic heterocycles. The quantitative estimate of drug-likeness (QED) is 0.551. The summed E-state index contributed by atoms with van der Waals surface area (Å²) in [5, 5.41) is 0. The van der Waals surface area contributed by atoms with Gasteiger partial charge in [0.15, 0.2) is 0 Å². The summed E-state index contributed by atoms with van der Waals surface area (Å²) in [4.78, 5) is 0. The van der Waals surface area contributed by atoms with Crippen molar-refractivity contribution < 1.29 is 0 Å². The summed E-state index contributed by atoms with van der Waals surface area (Å²) >= 11 is 0. The van der Waals surface area contributed by atoms with Crippen molar-refractivity contribution in [2.45, 2.75) is 54.4 Å². The summed E-state index contributed by atoms with van der Waals surface area (Å²) in [6, 6.07) is 0. The van der Waals surface area contributed by atoms with Crippen molar-refractivity contribution in [1.82, 2.24) is 0 Å². The van der Waals surface area contributed by atoms with Crippen molar-refractivity contribution in [3.63, 3.8) is 0 Å². The summed E-state index contributed by atoms with van der Waals surface area (Å²) in [6.07, 6.45) is 6.86. The summed E-state index contributed by atoms with van der Waals surface area (Å²) in [5.41, 5.74) is 3.34. The Kier molecular flexibility index (Phi) is 5.05. The first-order valence-corrected chi connectivity index (χ1v) is 5.18. The number of allylic oxidation sites excluding steroid dienone is 4. The Labute approximate surface area is 83.7 Å². The molecule has 13 heavy (non-hydrogen) atoms. The smallest absolute Gasteiger partial charge is 0.0268 e. The molecule has 0 radical (unpaired) electrons. The maximum Gasteiger partial charge on any atom is -0.0268 e. The first-order chi connectivity index (χ1) is 5.85. The van der Waals surface area contributed by atoms with Crippen molar-refractivity contribution in [1.29, 1.82) is 0 Å². The molecule has 0 saturated carbocycles. The van der Waals surface area contributed by atoms with Gasteiger partial charge in [-0.25, -0.2) is 0 Å². The zero-order valence-corrected chi connectivity index (χ0v) is 10.1. The third-order valence-electron chi connectivity index (χ3n) is 1.86. The monoisotopic (exact) mass is 180 g/mol.